The summed E-state index contributed by atoms with van der Waals surface area (Å²) in [5.74, 6) is 0.269. The molecule has 0 bridgehead atoms. The molecular formula is C31H48N2O3. The van der Waals surface area contributed by atoms with Crippen molar-refractivity contribution in [2.75, 3.05) is 6.61 Å². The van der Waals surface area contributed by atoms with E-state index >= 15 is 0 Å². The third-order valence-corrected chi connectivity index (χ3v) is 7.13. The first-order chi connectivity index (χ1) is 17.6. The first-order valence-electron chi connectivity index (χ1n) is 14.3. The molecule has 0 saturated heterocycles. The molecule has 0 saturated carbocycles. The molecule has 5 nitrogen and oxygen atoms in total. The molecule has 2 atom stereocenters. The van der Waals surface area contributed by atoms with Crippen molar-refractivity contribution in [3.05, 3.63) is 42.2 Å². The molecular weight excluding hydrogens is 448 g/mol. The Labute approximate surface area is 219 Å². The number of hydrogen-bond acceptors (Lipinski definition) is 4. The van der Waals surface area contributed by atoms with Gasteiger partial charge in [-0.1, -0.05) is 122 Å². The van der Waals surface area contributed by atoms with Gasteiger partial charge in [-0.2, -0.15) is 0 Å². The van der Waals surface area contributed by atoms with Crippen molar-refractivity contribution in [2.24, 2.45) is 5.92 Å². The van der Waals surface area contributed by atoms with Crippen LogP contribution in [-0.4, -0.2) is 27.7 Å². The Morgan fingerprint density at radius 1 is 0.806 bits per heavy atom. The summed E-state index contributed by atoms with van der Waals surface area (Å²) in [6.45, 7) is 7.18. The maximum absolute atomic E-state index is 11.9. The zero-order valence-corrected chi connectivity index (χ0v) is 22.9. The van der Waals surface area contributed by atoms with Crippen molar-refractivity contribution >= 4 is 5.97 Å². The number of rotatable bonds is 20. The average Bonchev–Trinajstić information content (AvgIpc) is 2.90. The zero-order valence-electron chi connectivity index (χ0n) is 22.9. The number of carbonyl (C=O) groups is 1. The van der Waals surface area contributed by atoms with E-state index in [1.54, 1.807) is 12.4 Å². The van der Waals surface area contributed by atoms with Crippen LogP contribution in [-0.2, 0) is 4.79 Å². The van der Waals surface area contributed by atoms with Gasteiger partial charge in [-0.25, -0.2) is 9.97 Å². The SMILES string of the molecule is CCCCCCCCCOc1cnc(-c2ccc(C(C)C(CCCCCCCC)C(=O)O)cc2)nc1. The lowest BCUT2D eigenvalue weighted by molar-refractivity contribution is -0.142. The van der Waals surface area contributed by atoms with Gasteiger partial charge in [0.25, 0.3) is 0 Å². The number of unbranched alkanes of at least 4 members (excludes halogenated alkanes) is 11. The van der Waals surface area contributed by atoms with Gasteiger partial charge in [0.1, 0.15) is 0 Å². The number of nitrogens with zero attached hydrogens (tertiary/aromatic N) is 2. The maximum Gasteiger partial charge on any atom is 0.307 e. The fourth-order valence-electron chi connectivity index (χ4n) is 4.69. The minimum Gasteiger partial charge on any atom is -0.490 e. The quantitative estimate of drug-likeness (QED) is 0.185. The van der Waals surface area contributed by atoms with E-state index < -0.39 is 5.97 Å². The van der Waals surface area contributed by atoms with E-state index in [4.69, 9.17) is 4.74 Å². The van der Waals surface area contributed by atoms with Gasteiger partial charge in [0, 0.05) is 5.56 Å². The first kappa shape index (κ1) is 29.8. The molecule has 0 aliphatic heterocycles. The normalized spacial score (nSPS) is 12.9. The van der Waals surface area contributed by atoms with E-state index in [9.17, 15) is 9.90 Å². The summed E-state index contributed by atoms with van der Waals surface area (Å²) >= 11 is 0. The summed E-state index contributed by atoms with van der Waals surface area (Å²) in [6, 6.07) is 8.02. The number of carboxylic acid groups (broad SMARTS) is 1. The molecule has 0 radical (unpaired) electrons. The minimum absolute atomic E-state index is 0.0319. The van der Waals surface area contributed by atoms with Crippen molar-refractivity contribution in [3.8, 4) is 17.1 Å². The summed E-state index contributed by atoms with van der Waals surface area (Å²) in [6.07, 6.45) is 20.1. The van der Waals surface area contributed by atoms with Gasteiger partial charge in [-0.15, -0.1) is 0 Å². The summed E-state index contributed by atoms with van der Waals surface area (Å²) in [5, 5.41) is 9.81. The largest absolute Gasteiger partial charge is 0.490 e. The van der Waals surface area contributed by atoms with Crippen molar-refractivity contribution in [1.29, 1.82) is 0 Å². The highest BCUT2D eigenvalue weighted by Crippen LogP contribution is 2.30. The lowest BCUT2D eigenvalue weighted by Crippen LogP contribution is -2.20. The van der Waals surface area contributed by atoms with Crippen molar-refractivity contribution in [1.82, 2.24) is 9.97 Å². The Hall–Kier alpha value is -2.43. The van der Waals surface area contributed by atoms with E-state index in [-0.39, 0.29) is 11.8 Å². The van der Waals surface area contributed by atoms with E-state index in [1.165, 1.54) is 64.2 Å². The molecule has 0 amide bonds. The fourth-order valence-corrected chi connectivity index (χ4v) is 4.69. The Kier molecular flexibility index (Phi) is 14.8. The summed E-state index contributed by atoms with van der Waals surface area (Å²) in [7, 11) is 0. The molecule has 0 aliphatic carbocycles. The minimum atomic E-state index is -0.699. The molecule has 5 heteroatoms. The molecule has 2 aromatic rings. The second-order valence-corrected chi connectivity index (χ2v) is 10.1. The van der Waals surface area contributed by atoms with Gasteiger partial charge < -0.3 is 9.84 Å². The van der Waals surface area contributed by atoms with Crippen LogP contribution >= 0.6 is 0 Å². The van der Waals surface area contributed by atoms with Crippen LogP contribution < -0.4 is 4.74 Å². The predicted octanol–water partition coefficient (Wildman–Crippen LogP) is 8.83. The zero-order chi connectivity index (χ0) is 26.0. The molecule has 36 heavy (non-hydrogen) atoms. The molecule has 1 N–H and O–H groups in total. The van der Waals surface area contributed by atoms with Crippen LogP contribution in [0.2, 0.25) is 0 Å². The van der Waals surface area contributed by atoms with E-state index in [0.29, 0.717) is 18.2 Å². The van der Waals surface area contributed by atoms with Gasteiger partial charge in [0.15, 0.2) is 11.6 Å². The van der Waals surface area contributed by atoms with Crippen LogP contribution in [0.4, 0.5) is 0 Å². The molecule has 0 aliphatic rings. The molecule has 0 fully saturated rings. The second-order valence-electron chi connectivity index (χ2n) is 10.1. The van der Waals surface area contributed by atoms with Crippen LogP contribution in [0.15, 0.2) is 36.7 Å². The van der Waals surface area contributed by atoms with Crippen molar-refractivity contribution < 1.29 is 14.6 Å². The average molecular weight is 497 g/mol. The Morgan fingerprint density at radius 3 is 1.89 bits per heavy atom. The van der Waals surface area contributed by atoms with Crippen LogP contribution in [0.1, 0.15) is 122 Å². The number of hydrogen-bond donors (Lipinski definition) is 1. The molecule has 1 aromatic heterocycles. The monoisotopic (exact) mass is 496 g/mol. The van der Waals surface area contributed by atoms with Crippen LogP contribution in [0.3, 0.4) is 0 Å². The van der Waals surface area contributed by atoms with E-state index in [2.05, 4.69) is 23.8 Å². The Balaban J connectivity index is 1.81. The highest BCUT2D eigenvalue weighted by molar-refractivity contribution is 5.71. The summed E-state index contributed by atoms with van der Waals surface area (Å²) < 4.78 is 5.80. The predicted molar refractivity (Wildman–Crippen MR) is 148 cm³/mol. The third kappa shape index (κ3) is 11.1. The number of carboxylic acids is 1. The van der Waals surface area contributed by atoms with Gasteiger partial charge >= 0.3 is 5.97 Å². The van der Waals surface area contributed by atoms with Gasteiger partial charge in [-0.05, 0) is 24.3 Å². The number of benzene rings is 1. The molecule has 200 valence electrons. The molecule has 1 heterocycles. The van der Waals surface area contributed by atoms with Crippen LogP contribution in [0.5, 0.6) is 5.75 Å². The number of ether oxygens (including phenoxy) is 1. The van der Waals surface area contributed by atoms with Crippen LogP contribution in [0, 0.1) is 5.92 Å². The van der Waals surface area contributed by atoms with Crippen molar-refractivity contribution in [3.63, 3.8) is 0 Å². The molecule has 1 aromatic carbocycles. The highest BCUT2D eigenvalue weighted by atomic mass is 16.5. The van der Waals surface area contributed by atoms with Crippen LogP contribution in [0.25, 0.3) is 11.4 Å². The van der Waals surface area contributed by atoms with E-state index in [1.807, 2.05) is 31.2 Å². The second kappa shape index (κ2) is 17.9. The Bertz CT molecular complexity index is 836. The van der Waals surface area contributed by atoms with Gasteiger partial charge in [-0.3, -0.25) is 4.79 Å². The Morgan fingerprint density at radius 2 is 1.33 bits per heavy atom. The molecule has 0 spiro atoms. The number of aromatic nitrogens is 2. The lowest BCUT2D eigenvalue weighted by Gasteiger charge is -2.21. The molecule has 2 unspecified atom stereocenters. The number of aliphatic carboxylic acids is 1. The summed E-state index contributed by atoms with van der Waals surface area (Å²) in [4.78, 5) is 20.9. The topological polar surface area (TPSA) is 72.3 Å². The van der Waals surface area contributed by atoms with Gasteiger partial charge in [0.2, 0.25) is 0 Å². The lowest BCUT2D eigenvalue weighted by atomic mass is 9.83. The fraction of sp³-hybridized carbons (Fsp3) is 0.645. The maximum atomic E-state index is 11.9. The summed E-state index contributed by atoms with van der Waals surface area (Å²) in [5.41, 5.74) is 1.97. The third-order valence-electron chi connectivity index (χ3n) is 7.13. The smallest absolute Gasteiger partial charge is 0.307 e. The van der Waals surface area contributed by atoms with Crippen molar-refractivity contribution in [2.45, 2.75) is 117 Å². The highest BCUT2D eigenvalue weighted by Gasteiger charge is 2.25. The molecule has 2 rings (SSSR count). The van der Waals surface area contributed by atoms with Gasteiger partial charge in [0.05, 0.1) is 24.9 Å². The standard InChI is InChI=1S/C31H48N2O3/c1-4-6-8-10-12-14-16-22-36-28-23-32-30(33-24-28)27-20-18-26(19-21-27)25(3)29(31(34)35)17-15-13-11-9-7-5-2/h18-21,23-25,29H,4-17,22H2,1-3H3,(H,34,35). The first-order valence-corrected chi connectivity index (χ1v) is 14.3. The van der Waals surface area contributed by atoms with E-state index in [0.717, 1.165) is 36.8 Å².